The Hall–Kier alpha value is -0.350. The highest BCUT2D eigenvalue weighted by Gasteiger charge is 2.16. The van der Waals surface area contributed by atoms with Crippen molar-refractivity contribution in [1.29, 1.82) is 0 Å². The molecule has 5 heteroatoms. The summed E-state index contributed by atoms with van der Waals surface area (Å²) in [7, 11) is 0. The average Bonchev–Trinajstić information content (AvgIpc) is 2.28. The SMILES string of the molecule is CCn1nc(Br)c(Cl)c1C(C)=O. The predicted octanol–water partition coefficient (Wildman–Crippen LogP) is 2.52. The first kappa shape index (κ1) is 9.74. The van der Waals surface area contributed by atoms with Crippen molar-refractivity contribution in [3.8, 4) is 0 Å². The molecule has 0 aliphatic carbocycles. The van der Waals surface area contributed by atoms with E-state index in [4.69, 9.17) is 11.6 Å². The summed E-state index contributed by atoms with van der Waals surface area (Å²) in [6, 6.07) is 0. The molecule has 1 rings (SSSR count). The van der Waals surface area contributed by atoms with Crippen LogP contribution in [0.3, 0.4) is 0 Å². The van der Waals surface area contributed by atoms with Crippen LogP contribution in [0.25, 0.3) is 0 Å². The Balaban J connectivity index is 3.31. The molecule has 0 fully saturated rings. The number of carbonyl (C=O) groups excluding carboxylic acids is 1. The van der Waals surface area contributed by atoms with E-state index in [9.17, 15) is 4.79 Å². The first-order valence-electron chi connectivity index (χ1n) is 3.50. The summed E-state index contributed by atoms with van der Waals surface area (Å²) in [4.78, 5) is 11.1. The lowest BCUT2D eigenvalue weighted by Gasteiger charge is -1.99. The summed E-state index contributed by atoms with van der Waals surface area (Å²) in [5.74, 6) is -0.0694. The molecule has 0 unspecified atom stereocenters. The van der Waals surface area contributed by atoms with Gasteiger partial charge in [0, 0.05) is 13.5 Å². The highest BCUT2D eigenvalue weighted by Crippen LogP contribution is 2.25. The third-order valence-corrected chi connectivity index (χ3v) is 2.63. The topological polar surface area (TPSA) is 34.9 Å². The summed E-state index contributed by atoms with van der Waals surface area (Å²) < 4.78 is 2.10. The molecule has 0 radical (unpaired) electrons. The van der Waals surface area contributed by atoms with Crippen LogP contribution < -0.4 is 0 Å². The molecule has 0 aromatic carbocycles. The van der Waals surface area contributed by atoms with E-state index in [2.05, 4.69) is 21.0 Å². The number of ketones is 1. The minimum absolute atomic E-state index is 0.0694. The zero-order chi connectivity index (χ0) is 9.30. The van der Waals surface area contributed by atoms with Gasteiger partial charge in [-0.05, 0) is 22.9 Å². The summed E-state index contributed by atoms with van der Waals surface area (Å²) in [5, 5.41) is 4.42. The number of halogens is 2. The fourth-order valence-corrected chi connectivity index (χ4v) is 1.62. The molecule has 0 saturated carbocycles. The van der Waals surface area contributed by atoms with Crippen LogP contribution in [0.2, 0.25) is 5.02 Å². The van der Waals surface area contributed by atoms with E-state index >= 15 is 0 Å². The quantitative estimate of drug-likeness (QED) is 0.757. The van der Waals surface area contributed by atoms with Crippen molar-refractivity contribution in [3.63, 3.8) is 0 Å². The second-order valence-electron chi connectivity index (χ2n) is 2.33. The molecule has 1 heterocycles. The zero-order valence-corrected chi connectivity index (χ0v) is 9.11. The van der Waals surface area contributed by atoms with Crippen molar-refractivity contribution < 1.29 is 4.79 Å². The van der Waals surface area contributed by atoms with Crippen molar-refractivity contribution in [1.82, 2.24) is 9.78 Å². The minimum Gasteiger partial charge on any atom is -0.293 e. The van der Waals surface area contributed by atoms with Crippen LogP contribution in [0.15, 0.2) is 4.60 Å². The molecule has 0 aliphatic heterocycles. The fraction of sp³-hybridized carbons (Fsp3) is 0.429. The van der Waals surface area contributed by atoms with Crippen LogP contribution in [0, 0.1) is 0 Å². The molecule has 12 heavy (non-hydrogen) atoms. The van der Waals surface area contributed by atoms with Gasteiger partial charge in [-0.3, -0.25) is 9.48 Å². The van der Waals surface area contributed by atoms with Crippen LogP contribution in [0.4, 0.5) is 0 Å². The van der Waals surface area contributed by atoms with Crippen LogP contribution >= 0.6 is 27.5 Å². The number of Topliss-reactive ketones (excluding diaryl/α,β-unsaturated/α-hetero) is 1. The molecular formula is C7H8BrClN2O. The molecule has 1 aromatic rings. The minimum atomic E-state index is -0.0694. The number of carbonyl (C=O) groups is 1. The van der Waals surface area contributed by atoms with Crippen LogP contribution in [-0.4, -0.2) is 15.6 Å². The molecule has 0 N–H and O–H groups in total. The summed E-state index contributed by atoms with van der Waals surface area (Å²) >= 11 is 9.00. The van der Waals surface area contributed by atoms with Crippen molar-refractivity contribution in [2.45, 2.75) is 20.4 Å². The van der Waals surface area contributed by atoms with Gasteiger partial charge in [-0.2, -0.15) is 5.10 Å². The molecule has 0 spiro atoms. The summed E-state index contributed by atoms with van der Waals surface area (Å²) in [5.41, 5.74) is 0.464. The number of hydrogen-bond donors (Lipinski definition) is 0. The normalized spacial score (nSPS) is 10.3. The van der Waals surface area contributed by atoms with Gasteiger partial charge in [0.25, 0.3) is 0 Å². The lowest BCUT2D eigenvalue weighted by Crippen LogP contribution is -2.06. The molecule has 0 atom stereocenters. The van der Waals surface area contributed by atoms with Crippen LogP contribution in [0.5, 0.6) is 0 Å². The summed E-state index contributed by atoms with van der Waals surface area (Å²) in [6.07, 6.45) is 0. The van der Waals surface area contributed by atoms with Gasteiger partial charge in [-0.25, -0.2) is 0 Å². The Kier molecular flexibility index (Phi) is 2.90. The van der Waals surface area contributed by atoms with Crippen molar-refractivity contribution in [3.05, 3.63) is 15.3 Å². The highest BCUT2D eigenvalue weighted by atomic mass is 79.9. The Labute approximate surface area is 83.8 Å². The van der Waals surface area contributed by atoms with E-state index in [1.54, 1.807) is 4.68 Å². The largest absolute Gasteiger partial charge is 0.293 e. The Bertz CT molecular complexity index is 321. The molecule has 66 valence electrons. The van der Waals surface area contributed by atoms with Crippen molar-refractivity contribution >= 4 is 33.3 Å². The highest BCUT2D eigenvalue weighted by molar-refractivity contribution is 9.10. The van der Waals surface area contributed by atoms with Crippen LogP contribution in [0.1, 0.15) is 24.3 Å². The first-order valence-corrected chi connectivity index (χ1v) is 4.67. The lowest BCUT2D eigenvalue weighted by atomic mass is 10.3. The predicted molar refractivity (Wildman–Crippen MR) is 50.6 cm³/mol. The third-order valence-electron chi connectivity index (χ3n) is 1.49. The van der Waals surface area contributed by atoms with E-state index in [-0.39, 0.29) is 5.78 Å². The fourth-order valence-electron chi connectivity index (χ4n) is 0.976. The van der Waals surface area contributed by atoms with Gasteiger partial charge in [0.05, 0.1) is 0 Å². The van der Waals surface area contributed by atoms with Gasteiger partial charge in [-0.15, -0.1) is 0 Å². The van der Waals surface area contributed by atoms with E-state index in [0.717, 1.165) is 0 Å². The second kappa shape index (κ2) is 3.58. The molecule has 3 nitrogen and oxygen atoms in total. The molecule has 0 amide bonds. The van der Waals surface area contributed by atoms with Crippen LogP contribution in [-0.2, 0) is 6.54 Å². The van der Waals surface area contributed by atoms with Crippen molar-refractivity contribution in [2.75, 3.05) is 0 Å². The van der Waals surface area contributed by atoms with E-state index in [1.807, 2.05) is 6.92 Å². The number of nitrogens with zero attached hydrogens (tertiary/aromatic N) is 2. The maximum atomic E-state index is 11.1. The number of hydrogen-bond acceptors (Lipinski definition) is 2. The smallest absolute Gasteiger partial charge is 0.179 e. The monoisotopic (exact) mass is 250 g/mol. The number of aromatic nitrogens is 2. The Morgan fingerprint density at radius 2 is 2.33 bits per heavy atom. The average molecular weight is 252 g/mol. The Morgan fingerprint density at radius 1 is 1.75 bits per heavy atom. The van der Waals surface area contributed by atoms with Crippen molar-refractivity contribution in [2.24, 2.45) is 0 Å². The maximum Gasteiger partial charge on any atom is 0.179 e. The number of rotatable bonds is 2. The van der Waals surface area contributed by atoms with Gasteiger partial charge >= 0.3 is 0 Å². The third kappa shape index (κ3) is 1.54. The van der Waals surface area contributed by atoms with Gasteiger partial charge in [-0.1, -0.05) is 11.6 Å². The molecule has 0 saturated heterocycles. The zero-order valence-electron chi connectivity index (χ0n) is 6.77. The Morgan fingerprint density at radius 3 is 2.67 bits per heavy atom. The molecule has 1 aromatic heterocycles. The lowest BCUT2D eigenvalue weighted by molar-refractivity contribution is 0.100. The van der Waals surface area contributed by atoms with E-state index in [0.29, 0.717) is 21.9 Å². The van der Waals surface area contributed by atoms with Gasteiger partial charge in [0.2, 0.25) is 0 Å². The second-order valence-corrected chi connectivity index (χ2v) is 3.45. The summed E-state index contributed by atoms with van der Waals surface area (Å²) in [6.45, 7) is 4.02. The number of aryl methyl sites for hydroxylation is 1. The van der Waals surface area contributed by atoms with Gasteiger partial charge < -0.3 is 0 Å². The molecule has 0 aliphatic rings. The van der Waals surface area contributed by atoms with Gasteiger partial charge in [0.1, 0.15) is 15.3 Å². The van der Waals surface area contributed by atoms with Gasteiger partial charge in [0.15, 0.2) is 5.78 Å². The molecular weight excluding hydrogens is 243 g/mol. The standard InChI is InChI=1S/C7H8BrClN2O/c1-3-11-6(4(2)12)5(9)7(8)10-11/h3H2,1-2H3. The first-order chi connectivity index (χ1) is 5.57. The van der Waals surface area contributed by atoms with E-state index in [1.165, 1.54) is 6.92 Å². The maximum absolute atomic E-state index is 11.1. The molecule has 0 bridgehead atoms. The van der Waals surface area contributed by atoms with E-state index < -0.39 is 0 Å².